The maximum absolute atomic E-state index is 13.1. The minimum atomic E-state index is -1.79. The first kappa shape index (κ1) is 15.8. The molecule has 1 aliphatic heterocycles. The summed E-state index contributed by atoms with van der Waals surface area (Å²) >= 11 is 0. The highest BCUT2D eigenvalue weighted by atomic mass is 16.3. The Hall–Kier alpha value is -2.72. The molecule has 1 aliphatic carbocycles. The maximum Gasteiger partial charge on any atom is 0.261 e. The third kappa shape index (κ3) is 2.50. The number of hydrogen-bond acceptors (Lipinski definition) is 3. The molecule has 4 rings (SSSR count). The molecule has 1 saturated carbocycles. The van der Waals surface area contributed by atoms with Gasteiger partial charge >= 0.3 is 0 Å². The molecule has 2 aliphatic rings. The summed E-state index contributed by atoms with van der Waals surface area (Å²) in [7, 11) is 0. The molecule has 2 atom stereocenters. The summed E-state index contributed by atoms with van der Waals surface area (Å²) in [5, 5.41) is 13.9. The van der Waals surface area contributed by atoms with E-state index in [4.69, 9.17) is 0 Å². The van der Waals surface area contributed by atoms with E-state index in [2.05, 4.69) is 5.32 Å². The Morgan fingerprint density at radius 1 is 1.04 bits per heavy atom. The van der Waals surface area contributed by atoms with E-state index >= 15 is 0 Å². The first-order chi connectivity index (χ1) is 12.1. The van der Waals surface area contributed by atoms with Gasteiger partial charge < -0.3 is 10.4 Å². The Labute approximate surface area is 146 Å². The number of amides is 1. The van der Waals surface area contributed by atoms with Crippen LogP contribution in [0.5, 0.6) is 0 Å². The topological polar surface area (TPSA) is 66.4 Å². The van der Waals surface area contributed by atoms with Crippen molar-refractivity contribution >= 4 is 23.5 Å². The number of hydrogen-bond donors (Lipinski definition) is 2. The number of para-hydroxylation sites is 1. The van der Waals surface area contributed by atoms with Crippen molar-refractivity contribution in [1.29, 1.82) is 0 Å². The van der Waals surface area contributed by atoms with Crippen LogP contribution in [0.4, 0.5) is 5.69 Å². The van der Waals surface area contributed by atoms with E-state index in [1.165, 1.54) is 0 Å². The first-order valence-electron chi connectivity index (χ1n) is 8.54. The molecule has 0 spiro atoms. The monoisotopic (exact) mass is 333 g/mol. The van der Waals surface area contributed by atoms with Gasteiger partial charge in [0.15, 0.2) is 11.4 Å². The smallest absolute Gasteiger partial charge is 0.261 e. The van der Waals surface area contributed by atoms with Crippen molar-refractivity contribution in [1.82, 2.24) is 0 Å². The first-order valence-corrected chi connectivity index (χ1v) is 8.54. The molecular formula is C21H19NO3. The van der Waals surface area contributed by atoms with Gasteiger partial charge in [0.25, 0.3) is 5.91 Å². The Morgan fingerprint density at radius 3 is 2.56 bits per heavy atom. The molecule has 126 valence electrons. The zero-order valence-electron chi connectivity index (χ0n) is 13.7. The van der Waals surface area contributed by atoms with E-state index in [1.54, 1.807) is 24.3 Å². The Kier molecular flexibility index (Phi) is 3.77. The second-order valence-electron chi connectivity index (χ2n) is 6.66. The molecule has 1 amide bonds. The Morgan fingerprint density at radius 2 is 1.76 bits per heavy atom. The minimum Gasteiger partial charge on any atom is -0.375 e. The van der Waals surface area contributed by atoms with Crippen LogP contribution in [-0.4, -0.2) is 16.8 Å². The molecule has 25 heavy (non-hydrogen) atoms. The van der Waals surface area contributed by atoms with Crippen molar-refractivity contribution in [3.8, 4) is 0 Å². The number of anilines is 1. The van der Waals surface area contributed by atoms with Gasteiger partial charge in [-0.1, -0.05) is 48.5 Å². The van der Waals surface area contributed by atoms with Crippen molar-refractivity contribution in [2.75, 3.05) is 5.32 Å². The van der Waals surface area contributed by atoms with Gasteiger partial charge in [0.2, 0.25) is 0 Å². The number of fused-ring (bicyclic) bond motifs is 1. The summed E-state index contributed by atoms with van der Waals surface area (Å²) in [4.78, 5) is 25.6. The lowest BCUT2D eigenvalue weighted by molar-refractivity contribution is -0.148. The molecule has 2 unspecified atom stereocenters. The number of nitrogens with one attached hydrogen (secondary N) is 1. The zero-order chi connectivity index (χ0) is 17.4. The maximum atomic E-state index is 13.1. The largest absolute Gasteiger partial charge is 0.375 e. The van der Waals surface area contributed by atoms with E-state index in [0.29, 0.717) is 29.7 Å². The third-order valence-corrected chi connectivity index (χ3v) is 5.15. The normalized spacial score (nSPS) is 27.2. The van der Waals surface area contributed by atoms with Crippen LogP contribution < -0.4 is 5.32 Å². The molecule has 1 fully saturated rings. The molecular weight excluding hydrogens is 314 g/mol. The highest BCUT2D eigenvalue weighted by Crippen LogP contribution is 2.46. The second kappa shape index (κ2) is 5.97. The fourth-order valence-corrected chi connectivity index (χ4v) is 3.88. The van der Waals surface area contributed by atoms with Crippen LogP contribution >= 0.6 is 0 Å². The van der Waals surface area contributed by atoms with Crippen molar-refractivity contribution in [2.24, 2.45) is 5.92 Å². The Balaban J connectivity index is 1.72. The van der Waals surface area contributed by atoms with Crippen LogP contribution in [-0.2, 0) is 15.2 Å². The number of Topliss-reactive ketones (excluding diaryl/α,β-unsaturated/α-hetero) is 1. The van der Waals surface area contributed by atoms with Crippen LogP contribution in [0.25, 0.3) is 6.08 Å². The molecule has 4 heteroatoms. The molecule has 4 nitrogen and oxygen atoms in total. The lowest BCUT2D eigenvalue weighted by Gasteiger charge is -2.33. The molecule has 0 bridgehead atoms. The highest BCUT2D eigenvalue weighted by molar-refractivity contribution is 6.11. The standard InChI is InChI=1S/C21H19NO3/c23-19-15(13-14-7-2-1-3-8-14)9-6-11-17(19)21(25)16-10-4-5-12-18(16)22-20(21)24/h1-5,7-8,10,12-13,17,25H,6,9,11H2,(H,22,24)/b15-13+. The van der Waals surface area contributed by atoms with E-state index < -0.39 is 17.4 Å². The van der Waals surface area contributed by atoms with Crippen molar-refractivity contribution in [2.45, 2.75) is 24.9 Å². The molecule has 0 saturated heterocycles. The number of carbonyl (C=O) groups is 2. The fourth-order valence-electron chi connectivity index (χ4n) is 3.88. The van der Waals surface area contributed by atoms with Gasteiger partial charge in [0.1, 0.15) is 0 Å². The van der Waals surface area contributed by atoms with Crippen molar-refractivity contribution in [3.63, 3.8) is 0 Å². The molecule has 2 N–H and O–H groups in total. The second-order valence-corrected chi connectivity index (χ2v) is 6.66. The summed E-state index contributed by atoms with van der Waals surface area (Å²) in [6.07, 6.45) is 3.82. The van der Waals surface area contributed by atoms with Crippen LogP contribution in [0.3, 0.4) is 0 Å². The lowest BCUT2D eigenvalue weighted by Crippen LogP contribution is -2.47. The molecule has 0 aromatic heterocycles. The summed E-state index contributed by atoms with van der Waals surface area (Å²) in [6.45, 7) is 0. The molecule has 0 radical (unpaired) electrons. The lowest BCUT2D eigenvalue weighted by atomic mass is 9.71. The average Bonchev–Trinajstić information content (AvgIpc) is 2.89. The van der Waals surface area contributed by atoms with E-state index in [-0.39, 0.29) is 5.78 Å². The average molecular weight is 333 g/mol. The third-order valence-electron chi connectivity index (χ3n) is 5.15. The number of aliphatic hydroxyl groups is 1. The zero-order valence-corrected chi connectivity index (χ0v) is 13.7. The van der Waals surface area contributed by atoms with E-state index in [9.17, 15) is 14.7 Å². The number of rotatable bonds is 2. The molecule has 1 heterocycles. The van der Waals surface area contributed by atoms with Gasteiger partial charge in [-0.05, 0) is 42.5 Å². The van der Waals surface area contributed by atoms with Crippen LogP contribution in [0, 0.1) is 5.92 Å². The predicted molar refractivity (Wildman–Crippen MR) is 95.7 cm³/mol. The molecule has 2 aromatic rings. The summed E-state index contributed by atoms with van der Waals surface area (Å²) < 4.78 is 0. The van der Waals surface area contributed by atoms with E-state index in [0.717, 1.165) is 12.0 Å². The minimum absolute atomic E-state index is 0.135. The van der Waals surface area contributed by atoms with Crippen LogP contribution in [0.1, 0.15) is 30.4 Å². The summed E-state index contributed by atoms with van der Waals surface area (Å²) in [5.74, 6) is -1.39. The van der Waals surface area contributed by atoms with Crippen LogP contribution in [0.2, 0.25) is 0 Å². The van der Waals surface area contributed by atoms with Gasteiger partial charge in [-0.25, -0.2) is 0 Å². The van der Waals surface area contributed by atoms with Gasteiger partial charge in [0.05, 0.1) is 5.92 Å². The van der Waals surface area contributed by atoms with Gasteiger partial charge in [-0.2, -0.15) is 0 Å². The number of ketones is 1. The van der Waals surface area contributed by atoms with Gasteiger partial charge in [-0.15, -0.1) is 0 Å². The van der Waals surface area contributed by atoms with Crippen molar-refractivity contribution < 1.29 is 14.7 Å². The summed E-state index contributed by atoms with van der Waals surface area (Å²) in [6, 6.07) is 16.7. The number of carbonyl (C=O) groups excluding carboxylic acids is 2. The van der Waals surface area contributed by atoms with E-state index in [1.807, 2.05) is 36.4 Å². The highest BCUT2D eigenvalue weighted by Gasteiger charge is 2.54. The Bertz CT molecular complexity index is 872. The summed E-state index contributed by atoms with van der Waals surface area (Å²) in [5.41, 5.74) is 0.924. The number of benzene rings is 2. The SMILES string of the molecule is O=C1/C(=C/c2ccccc2)CCCC1C1(O)C(=O)Nc2ccccc21. The van der Waals surface area contributed by atoms with Crippen molar-refractivity contribution in [3.05, 3.63) is 71.3 Å². The van der Waals surface area contributed by atoms with Crippen LogP contribution in [0.15, 0.2) is 60.2 Å². The van der Waals surface area contributed by atoms with Gasteiger partial charge in [-0.3, -0.25) is 9.59 Å². The predicted octanol–water partition coefficient (Wildman–Crippen LogP) is 3.28. The quantitative estimate of drug-likeness (QED) is 0.829. The number of allylic oxidation sites excluding steroid dienone is 1. The van der Waals surface area contributed by atoms with Gasteiger partial charge in [0, 0.05) is 11.3 Å². The fraction of sp³-hybridized carbons (Fsp3) is 0.238. The molecule has 2 aromatic carbocycles.